The van der Waals surface area contributed by atoms with Gasteiger partial charge in [-0.3, -0.25) is 10.1 Å². The molecule has 0 spiro atoms. The molecule has 0 aliphatic rings. The van der Waals surface area contributed by atoms with Crippen molar-refractivity contribution in [3.8, 4) is 0 Å². The Morgan fingerprint density at radius 3 is 2.78 bits per heavy atom. The van der Waals surface area contributed by atoms with Gasteiger partial charge in [0.05, 0.1) is 11.5 Å². The summed E-state index contributed by atoms with van der Waals surface area (Å²) in [5, 5.41) is 22.2. The number of rotatable bonds is 6. The SMILES string of the molecule is COC(CNc1ccc([N+](=O)[O-])cc1I)C(=O)O. The molecule has 0 bridgehead atoms. The van der Waals surface area contributed by atoms with Crippen LogP contribution in [0.3, 0.4) is 0 Å². The van der Waals surface area contributed by atoms with E-state index in [1.165, 1.54) is 25.3 Å². The van der Waals surface area contributed by atoms with Crippen LogP contribution in [0.15, 0.2) is 18.2 Å². The Morgan fingerprint density at radius 2 is 2.33 bits per heavy atom. The molecule has 0 saturated heterocycles. The third-order valence-electron chi connectivity index (χ3n) is 2.20. The first-order valence-electron chi connectivity index (χ1n) is 4.89. The van der Waals surface area contributed by atoms with E-state index in [1.54, 1.807) is 0 Å². The monoisotopic (exact) mass is 366 g/mol. The minimum Gasteiger partial charge on any atom is -0.479 e. The molecule has 0 aliphatic heterocycles. The summed E-state index contributed by atoms with van der Waals surface area (Å²) in [5.74, 6) is -1.07. The molecule has 0 aliphatic carbocycles. The molecule has 0 amide bonds. The number of hydrogen-bond acceptors (Lipinski definition) is 5. The number of nitro benzene ring substituents is 1. The lowest BCUT2D eigenvalue weighted by Crippen LogP contribution is -2.30. The van der Waals surface area contributed by atoms with Crippen LogP contribution in [0.25, 0.3) is 0 Å². The number of carbonyl (C=O) groups is 1. The highest BCUT2D eigenvalue weighted by molar-refractivity contribution is 14.1. The number of carboxylic acid groups (broad SMARTS) is 1. The molecular weight excluding hydrogens is 355 g/mol. The van der Waals surface area contributed by atoms with Gasteiger partial charge in [-0.2, -0.15) is 0 Å². The average molecular weight is 366 g/mol. The van der Waals surface area contributed by atoms with E-state index >= 15 is 0 Å². The van der Waals surface area contributed by atoms with E-state index in [2.05, 4.69) is 5.32 Å². The van der Waals surface area contributed by atoms with E-state index in [0.29, 0.717) is 9.26 Å². The van der Waals surface area contributed by atoms with Crippen molar-refractivity contribution in [3.05, 3.63) is 31.9 Å². The minimum absolute atomic E-state index is 0.00789. The van der Waals surface area contributed by atoms with E-state index in [4.69, 9.17) is 9.84 Å². The molecule has 1 unspecified atom stereocenters. The van der Waals surface area contributed by atoms with Crippen LogP contribution in [0.2, 0.25) is 0 Å². The van der Waals surface area contributed by atoms with Crippen LogP contribution < -0.4 is 5.32 Å². The van der Waals surface area contributed by atoms with E-state index in [1.807, 2.05) is 22.6 Å². The van der Waals surface area contributed by atoms with Crippen LogP contribution in [0, 0.1) is 13.7 Å². The number of halogens is 1. The standard InChI is InChI=1S/C10H11IN2O5/c1-18-9(10(14)15)5-12-8-3-2-6(13(16)17)4-7(8)11/h2-4,9,12H,5H2,1H3,(H,14,15). The van der Waals surface area contributed by atoms with Crippen molar-refractivity contribution >= 4 is 39.9 Å². The number of ether oxygens (including phenoxy) is 1. The lowest BCUT2D eigenvalue weighted by molar-refractivity contribution is -0.384. The van der Waals surface area contributed by atoms with E-state index in [0.717, 1.165) is 0 Å². The van der Waals surface area contributed by atoms with Crippen LogP contribution in [-0.4, -0.2) is 35.8 Å². The number of nitrogens with zero attached hydrogens (tertiary/aromatic N) is 1. The summed E-state index contributed by atoms with van der Waals surface area (Å²) in [7, 11) is 1.31. The summed E-state index contributed by atoms with van der Waals surface area (Å²) in [6.07, 6.45) is -0.962. The van der Waals surface area contributed by atoms with Crippen LogP contribution >= 0.6 is 22.6 Å². The summed E-state index contributed by atoms with van der Waals surface area (Å²) in [5.41, 5.74) is 0.621. The van der Waals surface area contributed by atoms with Gasteiger partial charge in [0.15, 0.2) is 6.10 Å². The molecule has 0 heterocycles. The Balaban J connectivity index is 2.74. The molecule has 1 atom stereocenters. The Morgan fingerprint density at radius 1 is 1.67 bits per heavy atom. The molecule has 18 heavy (non-hydrogen) atoms. The van der Waals surface area contributed by atoms with Crippen molar-refractivity contribution in [2.24, 2.45) is 0 Å². The minimum atomic E-state index is -1.07. The summed E-state index contributed by atoms with van der Waals surface area (Å²) in [6, 6.07) is 4.30. The fourth-order valence-electron chi connectivity index (χ4n) is 1.24. The first-order chi connectivity index (χ1) is 8.45. The van der Waals surface area contributed by atoms with Crippen molar-refractivity contribution in [1.82, 2.24) is 0 Å². The number of methoxy groups -OCH3 is 1. The average Bonchev–Trinajstić information content (AvgIpc) is 2.30. The highest BCUT2D eigenvalue weighted by Crippen LogP contribution is 2.23. The fourth-order valence-corrected chi connectivity index (χ4v) is 1.92. The Labute approximate surface area is 116 Å². The van der Waals surface area contributed by atoms with Gasteiger partial charge in [-0.1, -0.05) is 0 Å². The number of non-ortho nitro benzene ring substituents is 1. The number of carboxylic acids is 1. The van der Waals surface area contributed by atoms with Gasteiger partial charge in [-0.05, 0) is 28.7 Å². The molecule has 1 aromatic rings. The van der Waals surface area contributed by atoms with Gasteiger partial charge in [-0.15, -0.1) is 0 Å². The second-order valence-electron chi connectivity index (χ2n) is 3.36. The first-order valence-corrected chi connectivity index (χ1v) is 5.97. The third kappa shape index (κ3) is 3.81. The number of nitro groups is 1. The van der Waals surface area contributed by atoms with E-state index in [-0.39, 0.29) is 12.2 Å². The van der Waals surface area contributed by atoms with Crippen LogP contribution in [0.5, 0.6) is 0 Å². The normalized spacial score (nSPS) is 11.9. The molecule has 2 N–H and O–H groups in total. The molecule has 1 aromatic carbocycles. The van der Waals surface area contributed by atoms with Gasteiger partial charge in [-0.25, -0.2) is 4.79 Å². The lowest BCUT2D eigenvalue weighted by Gasteiger charge is -2.13. The molecule has 0 saturated carbocycles. The Hall–Kier alpha value is -1.42. The summed E-state index contributed by atoms with van der Waals surface area (Å²) in [6.45, 7) is 0.0830. The highest BCUT2D eigenvalue weighted by atomic mass is 127. The molecule has 0 aromatic heterocycles. The van der Waals surface area contributed by atoms with Gasteiger partial charge in [0, 0.05) is 28.5 Å². The maximum absolute atomic E-state index is 10.7. The van der Waals surface area contributed by atoms with Gasteiger partial charge >= 0.3 is 5.97 Å². The second kappa shape index (κ2) is 6.50. The summed E-state index contributed by atoms with van der Waals surface area (Å²) < 4.78 is 5.40. The van der Waals surface area contributed by atoms with Crippen molar-refractivity contribution < 1.29 is 19.6 Å². The smallest absolute Gasteiger partial charge is 0.334 e. The Bertz CT molecular complexity index is 466. The van der Waals surface area contributed by atoms with Crippen LogP contribution in [0.1, 0.15) is 0 Å². The molecule has 0 fully saturated rings. The van der Waals surface area contributed by atoms with Gasteiger partial charge in [0.2, 0.25) is 0 Å². The zero-order chi connectivity index (χ0) is 13.7. The first kappa shape index (κ1) is 14.6. The molecule has 98 valence electrons. The van der Waals surface area contributed by atoms with Crippen molar-refractivity contribution in [3.63, 3.8) is 0 Å². The van der Waals surface area contributed by atoms with Crippen LogP contribution in [-0.2, 0) is 9.53 Å². The molecule has 7 nitrogen and oxygen atoms in total. The number of benzene rings is 1. The van der Waals surface area contributed by atoms with E-state index in [9.17, 15) is 14.9 Å². The maximum Gasteiger partial charge on any atom is 0.334 e. The molecular formula is C10H11IN2O5. The van der Waals surface area contributed by atoms with Crippen molar-refractivity contribution in [2.75, 3.05) is 19.0 Å². The number of anilines is 1. The van der Waals surface area contributed by atoms with Gasteiger partial charge < -0.3 is 15.2 Å². The van der Waals surface area contributed by atoms with Crippen LogP contribution in [0.4, 0.5) is 11.4 Å². The summed E-state index contributed by atoms with van der Waals surface area (Å²) >= 11 is 1.94. The zero-order valence-electron chi connectivity index (χ0n) is 9.42. The second-order valence-corrected chi connectivity index (χ2v) is 4.53. The molecule has 0 radical (unpaired) electrons. The Kier molecular flexibility index (Phi) is 5.28. The zero-order valence-corrected chi connectivity index (χ0v) is 11.6. The lowest BCUT2D eigenvalue weighted by atomic mass is 10.2. The predicted octanol–water partition coefficient (Wildman–Crippen LogP) is 1.71. The van der Waals surface area contributed by atoms with Crippen molar-refractivity contribution in [2.45, 2.75) is 6.10 Å². The number of aliphatic carboxylic acids is 1. The quantitative estimate of drug-likeness (QED) is 0.452. The molecule has 8 heteroatoms. The topological polar surface area (TPSA) is 102 Å². The fraction of sp³-hybridized carbons (Fsp3) is 0.300. The molecule has 1 rings (SSSR count). The predicted molar refractivity (Wildman–Crippen MR) is 72.7 cm³/mol. The third-order valence-corrected chi connectivity index (χ3v) is 3.09. The number of nitrogens with one attached hydrogen (secondary N) is 1. The van der Waals surface area contributed by atoms with Crippen molar-refractivity contribution in [1.29, 1.82) is 0 Å². The highest BCUT2D eigenvalue weighted by Gasteiger charge is 2.16. The maximum atomic E-state index is 10.7. The number of hydrogen-bond donors (Lipinski definition) is 2. The van der Waals surface area contributed by atoms with Gasteiger partial charge in [0.25, 0.3) is 5.69 Å². The summed E-state index contributed by atoms with van der Waals surface area (Å²) in [4.78, 5) is 20.8. The van der Waals surface area contributed by atoms with Gasteiger partial charge in [0.1, 0.15) is 0 Å². The van der Waals surface area contributed by atoms with E-state index < -0.39 is 17.0 Å². The largest absolute Gasteiger partial charge is 0.479 e.